The number of hydrogen-bond acceptors (Lipinski definition) is 1. The van der Waals surface area contributed by atoms with Crippen molar-refractivity contribution >= 4 is 41.4 Å². The molecule has 0 heterocycles. The van der Waals surface area contributed by atoms with E-state index in [1.807, 2.05) is 0 Å². The third-order valence-corrected chi connectivity index (χ3v) is 9.75. The van der Waals surface area contributed by atoms with Crippen LogP contribution in [0.5, 0.6) is 0 Å². The van der Waals surface area contributed by atoms with Crippen molar-refractivity contribution in [2.75, 3.05) is 0 Å². The Kier molecular flexibility index (Phi) is 12.3. The number of hydrogen-bond donors (Lipinski definition) is 0. The van der Waals surface area contributed by atoms with E-state index < -0.39 is 16.6 Å². The first-order valence-corrected chi connectivity index (χ1v) is 12.1. The second-order valence-electron chi connectivity index (χ2n) is 5.78. The van der Waals surface area contributed by atoms with Crippen molar-refractivity contribution in [1.82, 2.24) is 0 Å². The van der Waals surface area contributed by atoms with E-state index in [2.05, 4.69) is 57.9 Å². The zero-order valence-corrected chi connectivity index (χ0v) is 17.4. The smallest absolute Gasteiger partial charge is 0.177 e. The maximum atomic E-state index is 6.38. The summed E-state index contributed by atoms with van der Waals surface area (Å²) in [6, 6.07) is 0. The number of allylic oxidation sites excluding steroid dienone is 4. The molecule has 0 spiro atoms. The van der Waals surface area contributed by atoms with Crippen LogP contribution in [0.25, 0.3) is 0 Å². The fraction of sp³-hybridized carbons (Fsp3) is 0.667. The van der Waals surface area contributed by atoms with Crippen LogP contribution >= 0.6 is 24.8 Å². The number of halogens is 2. The van der Waals surface area contributed by atoms with E-state index in [0.717, 1.165) is 6.42 Å². The summed E-state index contributed by atoms with van der Waals surface area (Å²) < 4.78 is 6.38. The summed E-state index contributed by atoms with van der Waals surface area (Å²) in [5.41, 5.74) is 1.92. The van der Waals surface area contributed by atoms with E-state index in [4.69, 9.17) is 4.12 Å². The Morgan fingerprint density at radius 2 is 1.67 bits per heavy atom. The zero-order chi connectivity index (χ0) is 11.7. The van der Waals surface area contributed by atoms with E-state index in [-0.39, 0.29) is 46.5 Å². The first-order valence-electron chi connectivity index (χ1n) is 5.70. The molecular formula is C12H25Cl2OSi2Ti-. The molecule has 1 aliphatic carbocycles. The van der Waals surface area contributed by atoms with Gasteiger partial charge in [0.05, 0.1) is 0 Å². The maximum Gasteiger partial charge on any atom is 0.177 e. The molecule has 0 aromatic heterocycles. The monoisotopic (exact) mass is 359 g/mol. The fourth-order valence-electron chi connectivity index (χ4n) is 1.97. The molecule has 0 saturated heterocycles. The van der Waals surface area contributed by atoms with E-state index in [9.17, 15) is 0 Å². The van der Waals surface area contributed by atoms with Gasteiger partial charge in [-0.2, -0.15) is 6.08 Å². The van der Waals surface area contributed by atoms with Crippen LogP contribution in [0.4, 0.5) is 0 Å². The molecule has 0 amide bonds. The summed E-state index contributed by atoms with van der Waals surface area (Å²) in [7, 11) is -3.01. The third-order valence-electron chi connectivity index (χ3n) is 2.80. The van der Waals surface area contributed by atoms with Gasteiger partial charge in [0, 0.05) is 21.7 Å². The van der Waals surface area contributed by atoms with Gasteiger partial charge in [-0.15, -0.1) is 31.2 Å². The van der Waals surface area contributed by atoms with Crippen molar-refractivity contribution < 1.29 is 25.8 Å². The molecule has 1 nitrogen and oxygen atoms in total. The van der Waals surface area contributed by atoms with Crippen molar-refractivity contribution in [1.29, 1.82) is 0 Å². The quantitative estimate of drug-likeness (QED) is 0.508. The number of rotatable bonds is 4. The van der Waals surface area contributed by atoms with Crippen LogP contribution in [0.1, 0.15) is 13.3 Å². The largest absolute Gasteiger partial charge is 0.455 e. The Labute approximate surface area is 142 Å². The summed E-state index contributed by atoms with van der Waals surface area (Å²) in [6.45, 7) is 13.8. The molecule has 18 heavy (non-hydrogen) atoms. The average Bonchev–Trinajstić information content (AvgIpc) is 2.49. The van der Waals surface area contributed by atoms with Gasteiger partial charge in [-0.25, -0.2) is 11.6 Å². The summed E-state index contributed by atoms with van der Waals surface area (Å²) in [5.74, 6) is 0. The van der Waals surface area contributed by atoms with Crippen molar-refractivity contribution in [2.45, 2.75) is 51.6 Å². The molecule has 6 heteroatoms. The predicted molar refractivity (Wildman–Crippen MR) is 86.3 cm³/mol. The second kappa shape index (κ2) is 9.17. The molecular weight excluding hydrogens is 335 g/mol. The molecule has 1 aliphatic rings. The molecule has 0 aromatic rings. The van der Waals surface area contributed by atoms with Crippen LogP contribution in [0, 0.1) is 6.08 Å². The summed E-state index contributed by atoms with van der Waals surface area (Å²) in [4.78, 5) is 0. The average molecular weight is 360 g/mol. The molecule has 1 rings (SSSR count). The van der Waals surface area contributed by atoms with E-state index >= 15 is 0 Å². The summed E-state index contributed by atoms with van der Waals surface area (Å²) in [6.07, 6.45) is 8.81. The Morgan fingerprint density at radius 1 is 1.17 bits per heavy atom. The van der Waals surface area contributed by atoms with Gasteiger partial charge in [0.25, 0.3) is 0 Å². The van der Waals surface area contributed by atoms with Crippen LogP contribution < -0.4 is 0 Å². The van der Waals surface area contributed by atoms with E-state index in [1.54, 1.807) is 0 Å². The minimum absolute atomic E-state index is 0. The van der Waals surface area contributed by atoms with Crippen molar-refractivity contribution in [2.24, 2.45) is 0 Å². The predicted octanol–water partition coefficient (Wildman–Crippen LogP) is 4.96. The van der Waals surface area contributed by atoms with Crippen LogP contribution in [-0.2, 0) is 25.8 Å². The molecule has 1 atom stereocenters. The normalized spacial score (nSPS) is 16.0. The van der Waals surface area contributed by atoms with Crippen LogP contribution in [0.2, 0.25) is 38.3 Å². The van der Waals surface area contributed by atoms with Crippen LogP contribution in [0.15, 0.2) is 17.7 Å². The fourth-order valence-corrected chi connectivity index (χ4v) is 9.94. The first kappa shape index (κ1) is 24.2. The Bertz CT molecular complexity index is 299. The molecule has 1 unspecified atom stereocenters. The molecule has 0 aromatic carbocycles. The van der Waals surface area contributed by atoms with E-state index in [1.165, 1.54) is 5.57 Å². The molecule has 0 bridgehead atoms. The Balaban J connectivity index is -0.000000750. The van der Waals surface area contributed by atoms with Gasteiger partial charge < -0.3 is 4.12 Å². The van der Waals surface area contributed by atoms with Gasteiger partial charge in [-0.3, -0.25) is 6.08 Å². The van der Waals surface area contributed by atoms with Crippen LogP contribution in [0.3, 0.4) is 0 Å². The van der Waals surface area contributed by atoms with Gasteiger partial charge in [-0.1, -0.05) is 6.92 Å². The minimum Gasteiger partial charge on any atom is -0.455 e. The third kappa shape index (κ3) is 7.68. The maximum absolute atomic E-state index is 6.38. The van der Waals surface area contributed by atoms with Crippen molar-refractivity contribution in [3.05, 3.63) is 23.8 Å². The summed E-state index contributed by atoms with van der Waals surface area (Å²) >= 11 is 0. The van der Waals surface area contributed by atoms with Crippen LogP contribution in [-0.4, -0.2) is 16.6 Å². The van der Waals surface area contributed by atoms with Crippen molar-refractivity contribution in [3.63, 3.8) is 0 Å². The molecule has 0 saturated carbocycles. The van der Waals surface area contributed by atoms with Gasteiger partial charge in [0.2, 0.25) is 0 Å². The van der Waals surface area contributed by atoms with Gasteiger partial charge in [-0.05, 0) is 38.3 Å². The molecule has 0 radical (unpaired) electrons. The second-order valence-corrected chi connectivity index (χ2v) is 14.9. The topological polar surface area (TPSA) is 9.23 Å². The van der Waals surface area contributed by atoms with E-state index in [0.29, 0.717) is 5.54 Å². The zero-order valence-electron chi connectivity index (χ0n) is 12.2. The van der Waals surface area contributed by atoms with Gasteiger partial charge in [0.15, 0.2) is 16.6 Å². The molecule has 106 valence electrons. The molecule has 0 fully saturated rings. The van der Waals surface area contributed by atoms with Crippen molar-refractivity contribution in [3.8, 4) is 0 Å². The minimum atomic E-state index is -1.60. The SMILES string of the molecule is CC(C1=[C-]CC=C1)[Si](C)(C)O[Si](C)(C)C.Cl.Cl.[Ti]. The summed E-state index contributed by atoms with van der Waals surface area (Å²) in [5, 5.41) is 0. The Hall–Kier alpha value is 1.17. The van der Waals surface area contributed by atoms with Gasteiger partial charge >= 0.3 is 0 Å². The first-order chi connectivity index (χ1) is 6.72. The molecule has 0 N–H and O–H groups in total. The van der Waals surface area contributed by atoms with Gasteiger partial charge in [0.1, 0.15) is 0 Å². The standard InChI is InChI=1S/C12H23OSi2.2ClH.Ti/c1-11(12-9-7-8-10-12)15(5,6)13-14(2,3)4;;;/h7,9,11H,8H2,1-6H3;2*1H;/q-1;;;. The Morgan fingerprint density at radius 3 is 2.00 bits per heavy atom. The molecule has 0 aliphatic heterocycles.